The molecule has 0 spiro atoms. The molecule has 1 saturated heterocycles. The molecular weight excluding hydrogens is 402 g/mol. The molecule has 1 fully saturated rings. The van der Waals surface area contributed by atoms with Gasteiger partial charge in [-0.3, -0.25) is 9.69 Å². The summed E-state index contributed by atoms with van der Waals surface area (Å²) < 4.78 is 6.10. The Bertz CT molecular complexity index is 934. The van der Waals surface area contributed by atoms with Crippen molar-refractivity contribution >= 4 is 45.9 Å². The number of anilines is 1. The minimum absolute atomic E-state index is 0.205. The lowest BCUT2D eigenvalue weighted by atomic mass is 10.2. The lowest BCUT2D eigenvalue weighted by Crippen LogP contribution is -2.35. The van der Waals surface area contributed by atoms with Crippen LogP contribution in [-0.2, 0) is 11.3 Å². The maximum atomic E-state index is 12.5. The number of aromatic nitrogens is 1. The van der Waals surface area contributed by atoms with Crippen LogP contribution in [0.5, 0.6) is 0 Å². The number of benzene rings is 1. The summed E-state index contributed by atoms with van der Waals surface area (Å²) >= 11 is 8.88. The smallest absolute Gasteiger partial charge is 0.275 e. The summed E-state index contributed by atoms with van der Waals surface area (Å²) in [5.41, 5.74) is 2.36. The van der Waals surface area contributed by atoms with Gasteiger partial charge < -0.3 is 10.1 Å². The molecule has 140 valence electrons. The minimum Gasteiger partial charge on any atom is -0.379 e. The Morgan fingerprint density at radius 2 is 2.11 bits per heavy atom. The normalized spacial score (nSPS) is 15.0. The maximum absolute atomic E-state index is 12.5. The lowest BCUT2D eigenvalue weighted by molar-refractivity contribution is 0.0342. The van der Waals surface area contributed by atoms with E-state index in [0.29, 0.717) is 10.0 Å². The van der Waals surface area contributed by atoms with Gasteiger partial charge in [-0.1, -0.05) is 23.7 Å². The third kappa shape index (κ3) is 4.75. The van der Waals surface area contributed by atoms with Crippen LogP contribution in [0, 0.1) is 0 Å². The molecule has 1 aliphatic heterocycles. The second kappa shape index (κ2) is 8.50. The molecule has 2 aromatic heterocycles. The van der Waals surface area contributed by atoms with Crippen LogP contribution in [-0.4, -0.2) is 42.1 Å². The van der Waals surface area contributed by atoms with Gasteiger partial charge in [0.15, 0.2) is 0 Å². The molecular formula is C19H18ClN3O2S2. The molecule has 3 aromatic rings. The van der Waals surface area contributed by atoms with E-state index in [1.807, 2.05) is 30.3 Å². The number of hydrogen-bond donors (Lipinski definition) is 1. The molecule has 3 heterocycles. The SMILES string of the molecule is O=C(Nc1cccc(CN2CCOCC2)c1)c1csc(-c2ccc(Cl)s2)n1. The number of halogens is 1. The third-order valence-electron chi connectivity index (χ3n) is 4.22. The first-order chi connectivity index (χ1) is 13.2. The monoisotopic (exact) mass is 419 g/mol. The molecule has 0 saturated carbocycles. The van der Waals surface area contributed by atoms with Gasteiger partial charge in [0.1, 0.15) is 10.7 Å². The summed E-state index contributed by atoms with van der Waals surface area (Å²) in [6.45, 7) is 4.28. The topological polar surface area (TPSA) is 54.5 Å². The molecule has 1 N–H and O–H groups in total. The predicted molar refractivity (Wildman–Crippen MR) is 111 cm³/mol. The van der Waals surface area contributed by atoms with Crippen LogP contribution >= 0.6 is 34.3 Å². The van der Waals surface area contributed by atoms with E-state index in [1.54, 1.807) is 5.38 Å². The molecule has 0 radical (unpaired) electrons. The number of morpholine rings is 1. The zero-order valence-electron chi connectivity index (χ0n) is 14.5. The van der Waals surface area contributed by atoms with E-state index in [4.69, 9.17) is 16.3 Å². The van der Waals surface area contributed by atoms with Gasteiger partial charge in [-0.05, 0) is 29.8 Å². The highest BCUT2D eigenvalue weighted by molar-refractivity contribution is 7.23. The average molecular weight is 420 g/mol. The number of carbonyl (C=O) groups excluding carboxylic acids is 1. The van der Waals surface area contributed by atoms with Crippen molar-refractivity contribution in [1.29, 1.82) is 0 Å². The van der Waals surface area contributed by atoms with E-state index in [1.165, 1.54) is 28.2 Å². The Balaban J connectivity index is 1.42. The molecule has 8 heteroatoms. The fourth-order valence-electron chi connectivity index (χ4n) is 2.88. The van der Waals surface area contributed by atoms with E-state index in [9.17, 15) is 4.79 Å². The minimum atomic E-state index is -0.205. The maximum Gasteiger partial charge on any atom is 0.275 e. The Labute approximate surface area is 170 Å². The average Bonchev–Trinajstić information content (AvgIpc) is 3.32. The number of ether oxygens (including phenoxy) is 1. The molecule has 0 bridgehead atoms. The second-order valence-electron chi connectivity index (χ2n) is 6.18. The summed E-state index contributed by atoms with van der Waals surface area (Å²) in [6, 6.07) is 11.7. The van der Waals surface area contributed by atoms with Gasteiger partial charge in [0, 0.05) is 30.7 Å². The van der Waals surface area contributed by atoms with Crippen LogP contribution < -0.4 is 5.32 Å². The zero-order valence-corrected chi connectivity index (χ0v) is 16.9. The summed E-state index contributed by atoms with van der Waals surface area (Å²) in [6.07, 6.45) is 0. The largest absolute Gasteiger partial charge is 0.379 e. The van der Waals surface area contributed by atoms with Gasteiger partial charge in [0.2, 0.25) is 0 Å². The second-order valence-corrected chi connectivity index (χ2v) is 8.76. The summed E-state index contributed by atoms with van der Waals surface area (Å²) in [5, 5.41) is 5.52. The number of amides is 1. The number of hydrogen-bond acceptors (Lipinski definition) is 6. The number of nitrogens with one attached hydrogen (secondary N) is 1. The third-order valence-corrected chi connectivity index (χ3v) is 6.46. The van der Waals surface area contributed by atoms with Crippen LogP contribution in [0.1, 0.15) is 16.1 Å². The Morgan fingerprint density at radius 3 is 2.89 bits per heavy atom. The highest BCUT2D eigenvalue weighted by atomic mass is 35.5. The van der Waals surface area contributed by atoms with Crippen molar-refractivity contribution in [2.45, 2.75) is 6.54 Å². The molecule has 4 rings (SSSR count). The van der Waals surface area contributed by atoms with Gasteiger partial charge >= 0.3 is 0 Å². The van der Waals surface area contributed by atoms with Crippen LogP contribution in [0.2, 0.25) is 4.34 Å². The predicted octanol–water partition coefficient (Wildman–Crippen LogP) is 4.61. The van der Waals surface area contributed by atoms with Gasteiger partial charge in [-0.15, -0.1) is 22.7 Å². The summed E-state index contributed by atoms with van der Waals surface area (Å²) in [5.74, 6) is -0.205. The molecule has 0 atom stereocenters. The highest BCUT2D eigenvalue weighted by Crippen LogP contribution is 2.33. The van der Waals surface area contributed by atoms with Gasteiger partial charge in [0.05, 0.1) is 22.4 Å². The first-order valence-electron chi connectivity index (χ1n) is 8.59. The van der Waals surface area contributed by atoms with Crippen LogP contribution in [0.3, 0.4) is 0 Å². The van der Waals surface area contributed by atoms with E-state index in [2.05, 4.69) is 21.3 Å². The van der Waals surface area contributed by atoms with Gasteiger partial charge in [0.25, 0.3) is 5.91 Å². The van der Waals surface area contributed by atoms with Crippen molar-refractivity contribution in [3.8, 4) is 9.88 Å². The van der Waals surface area contributed by atoms with E-state index < -0.39 is 0 Å². The fraction of sp³-hybridized carbons (Fsp3) is 0.263. The zero-order chi connectivity index (χ0) is 18.6. The quantitative estimate of drug-likeness (QED) is 0.656. The Morgan fingerprint density at radius 1 is 1.26 bits per heavy atom. The van der Waals surface area contributed by atoms with E-state index >= 15 is 0 Å². The Hall–Kier alpha value is -1.77. The fourth-order valence-corrected chi connectivity index (χ4v) is 4.80. The number of rotatable bonds is 5. The van der Waals surface area contributed by atoms with E-state index in [0.717, 1.165) is 48.4 Å². The van der Waals surface area contributed by atoms with Gasteiger partial charge in [-0.2, -0.15) is 0 Å². The van der Waals surface area contributed by atoms with Gasteiger partial charge in [-0.25, -0.2) is 4.98 Å². The number of nitrogens with zero attached hydrogens (tertiary/aromatic N) is 2. The number of thiazole rings is 1. The number of carbonyl (C=O) groups is 1. The Kier molecular flexibility index (Phi) is 5.85. The first kappa shape index (κ1) is 18.6. The lowest BCUT2D eigenvalue weighted by Gasteiger charge is -2.26. The molecule has 1 aliphatic rings. The summed E-state index contributed by atoms with van der Waals surface area (Å²) in [4.78, 5) is 20.3. The van der Waals surface area contributed by atoms with Crippen LogP contribution in [0.25, 0.3) is 9.88 Å². The van der Waals surface area contributed by atoms with E-state index in [-0.39, 0.29) is 5.91 Å². The summed E-state index contributed by atoms with van der Waals surface area (Å²) in [7, 11) is 0. The first-order valence-corrected chi connectivity index (χ1v) is 10.7. The molecule has 0 unspecified atom stereocenters. The van der Waals surface area contributed by atoms with Crippen LogP contribution in [0.15, 0.2) is 41.8 Å². The molecule has 1 aromatic carbocycles. The molecule has 5 nitrogen and oxygen atoms in total. The molecule has 27 heavy (non-hydrogen) atoms. The van der Waals surface area contributed by atoms with Crippen molar-refractivity contribution < 1.29 is 9.53 Å². The van der Waals surface area contributed by atoms with Crippen LogP contribution in [0.4, 0.5) is 5.69 Å². The van der Waals surface area contributed by atoms with Crippen molar-refractivity contribution in [3.63, 3.8) is 0 Å². The molecule has 0 aliphatic carbocycles. The standard InChI is InChI=1S/C19H18ClN3O2S2/c20-17-5-4-16(27-17)19-22-15(12-26-19)18(24)21-14-3-1-2-13(10-14)11-23-6-8-25-9-7-23/h1-5,10,12H,6-9,11H2,(H,21,24). The van der Waals surface area contributed by atoms with Crippen molar-refractivity contribution in [3.05, 3.63) is 57.4 Å². The van der Waals surface area contributed by atoms with Crippen molar-refractivity contribution in [2.24, 2.45) is 0 Å². The van der Waals surface area contributed by atoms with Crippen molar-refractivity contribution in [1.82, 2.24) is 9.88 Å². The number of thiophene rings is 1. The highest BCUT2D eigenvalue weighted by Gasteiger charge is 2.14. The molecule has 1 amide bonds. The van der Waals surface area contributed by atoms with Crippen molar-refractivity contribution in [2.75, 3.05) is 31.6 Å².